The standard InChI is InChI=1S/C4H6O4.C2H2O4.C2H4O2.CH2O2/c5-3(6)1-2-4(7)8;3-1(4)2(5)6;1-2(3)4;2-1-3/h1-2H2,(H,5,6)(H,7,8);(H,3,4)(H,5,6);1H3,(H,3,4);1H,(H,2,3). The Bertz CT molecular complexity index is 328. The zero-order valence-electron chi connectivity index (χ0n) is 10.6. The SMILES string of the molecule is CC(=O)O.O=C(O)C(=O)O.O=C(O)CCC(=O)O.O=CO. The van der Waals surface area contributed by atoms with Crippen molar-refractivity contribution in [2.75, 3.05) is 0 Å². The van der Waals surface area contributed by atoms with Gasteiger partial charge in [-0.15, -0.1) is 0 Å². The number of carboxylic acid groups (broad SMARTS) is 6. The highest BCUT2D eigenvalue weighted by Gasteiger charge is 2.04. The van der Waals surface area contributed by atoms with E-state index in [4.69, 9.17) is 49.8 Å². The van der Waals surface area contributed by atoms with E-state index in [1.54, 1.807) is 0 Å². The number of hydrogen-bond acceptors (Lipinski definition) is 6. The van der Waals surface area contributed by atoms with Crippen LogP contribution in [0.2, 0.25) is 0 Å². The molecule has 0 radical (unpaired) electrons. The Hall–Kier alpha value is -3.18. The molecule has 0 saturated heterocycles. The number of carboxylic acids is 5. The summed E-state index contributed by atoms with van der Waals surface area (Å²) in [7, 11) is 0. The monoisotopic (exact) mass is 314 g/mol. The van der Waals surface area contributed by atoms with Crippen molar-refractivity contribution in [2.24, 2.45) is 0 Å². The average molecular weight is 314 g/mol. The van der Waals surface area contributed by atoms with Gasteiger partial charge in [0.05, 0.1) is 12.8 Å². The third kappa shape index (κ3) is 109. The molecule has 0 fully saturated rings. The minimum absolute atomic E-state index is 0.250. The van der Waals surface area contributed by atoms with Crippen LogP contribution in [0.1, 0.15) is 19.8 Å². The molecule has 0 atom stereocenters. The van der Waals surface area contributed by atoms with Crippen molar-refractivity contribution in [1.82, 2.24) is 0 Å². The first-order chi connectivity index (χ1) is 9.41. The van der Waals surface area contributed by atoms with Gasteiger partial charge in [0.2, 0.25) is 0 Å². The maximum absolute atomic E-state index is 9.64. The van der Waals surface area contributed by atoms with Crippen molar-refractivity contribution in [2.45, 2.75) is 19.8 Å². The molecular formula is C9H14O12. The van der Waals surface area contributed by atoms with Gasteiger partial charge in [-0.25, -0.2) is 9.59 Å². The molecule has 0 bridgehead atoms. The van der Waals surface area contributed by atoms with Gasteiger partial charge in [-0.3, -0.25) is 19.2 Å². The highest BCUT2D eigenvalue weighted by molar-refractivity contribution is 6.27. The van der Waals surface area contributed by atoms with Gasteiger partial charge in [0.1, 0.15) is 0 Å². The van der Waals surface area contributed by atoms with E-state index < -0.39 is 29.8 Å². The van der Waals surface area contributed by atoms with Gasteiger partial charge in [0.25, 0.3) is 12.4 Å². The Labute approximate surface area is 116 Å². The van der Waals surface area contributed by atoms with E-state index in [9.17, 15) is 9.59 Å². The number of hydrogen-bond donors (Lipinski definition) is 6. The normalized spacial score (nSPS) is 7.10. The van der Waals surface area contributed by atoms with Gasteiger partial charge in [0, 0.05) is 6.92 Å². The predicted octanol–water partition coefficient (Wildman–Crippen LogP) is -1.12. The molecule has 0 unspecified atom stereocenters. The highest BCUT2D eigenvalue weighted by Crippen LogP contribution is 1.86. The van der Waals surface area contributed by atoms with E-state index in [0.29, 0.717) is 0 Å². The minimum Gasteiger partial charge on any atom is -0.483 e. The smallest absolute Gasteiger partial charge is 0.414 e. The van der Waals surface area contributed by atoms with Crippen LogP contribution in [0.5, 0.6) is 0 Å². The van der Waals surface area contributed by atoms with Crippen LogP contribution in [0.15, 0.2) is 0 Å². The lowest BCUT2D eigenvalue weighted by atomic mass is 10.3. The van der Waals surface area contributed by atoms with E-state index >= 15 is 0 Å². The average Bonchev–Trinajstić information content (AvgIpc) is 2.27. The maximum Gasteiger partial charge on any atom is 0.414 e. The van der Waals surface area contributed by atoms with Crippen molar-refractivity contribution in [3.05, 3.63) is 0 Å². The van der Waals surface area contributed by atoms with Crippen molar-refractivity contribution in [3.63, 3.8) is 0 Å². The summed E-state index contributed by atoms with van der Waals surface area (Å²) in [4.78, 5) is 54.8. The number of rotatable bonds is 3. The molecule has 0 aromatic carbocycles. The van der Waals surface area contributed by atoms with Crippen molar-refractivity contribution in [1.29, 1.82) is 0 Å². The molecule has 12 heteroatoms. The number of aliphatic carboxylic acids is 5. The number of carbonyl (C=O) groups is 6. The van der Waals surface area contributed by atoms with Gasteiger partial charge in [-0.05, 0) is 0 Å². The van der Waals surface area contributed by atoms with Crippen LogP contribution >= 0.6 is 0 Å². The molecule has 0 aromatic rings. The topological polar surface area (TPSA) is 224 Å². The summed E-state index contributed by atoms with van der Waals surface area (Å²) >= 11 is 0. The van der Waals surface area contributed by atoms with Gasteiger partial charge >= 0.3 is 23.9 Å². The summed E-state index contributed by atoms with van der Waals surface area (Å²) < 4.78 is 0. The lowest BCUT2D eigenvalue weighted by Gasteiger charge is -1.85. The molecule has 0 saturated carbocycles. The van der Waals surface area contributed by atoms with Crippen LogP contribution in [0, 0.1) is 0 Å². The molecule has 0 aliphatic heterocycles. The van der Waals surface area contributed by atoms with Gasteiger partial charge in [-0.2, -0.15) is 0 Å². The quantitative estimate of drug-likeness (QED) is 0.269. The fraction of sp³-hybridized carbons (Fsp3) is 0.333. The molecule has 0 spiro atoms. The third-order valence-electron chi connectivity index (χ3n) is 0.736. The molecule has 0 aliphatic rings. The van der Waals surface area contributed by atoms with Crippen LogP contribution in [-0.4, -0.2) is 67.0 Å². The molecule has 0 heterocycles. The largest absolute Gasteiger partial charge is 0.483 e. The molecule has 122 valence electrons. The second kappa shape index (κ2) is 19.2. The molecule has 0 amide bonds. The van der Waals surface area contributed by atoms with E-state index in [2.05, 4.69) is 0 Å². The molecule has 0 aliphatic carbocycles. The first-order valence-corrected chi connectivity index (χ1v) is 4.59. The van der Waals surface area contributed by atoms with Crippen LogP contribution in [0.25, 0.3) is 0 Å². The first kappa shape index (κ1) is 26.4. The minimum atomic E-state index is -1.82. The van der Waals surface area contributed by atoms with Gasteiger partial charge in [0.15, 0.2) is 0 Å². The van der Waals surface area contributed by atoms with Crippen LogP contribution in [-0.2, 0) is 28.8 Å². The van der Waals surface area contributed by atoms with E-state index in [-0.39, 0.29) is 19.3 Å². The van der Waals surface area contributed by atoms with E-state index in [1.165, 1.54) is 0 Å². The Balaban J connectivity index is -0.0000000985. The molecular weight excluding hydrogens is 300 g/mol. The molecule has 21 heavy (non-hydrogen) atoms. The van der Waals surface area contributed by atoms with Crippen LogP contribution < -0.4 is 0 Å². The first-order valence-electron chi connectivity index (χ1n) is 4.59. The van der Waals surface area contributed by atoms with Crippen molar-refractivity contribution >= 4 is 36.3 Å². The molecule has 12 nitrogen and oxygen atoms in total. The molecule has 6 N–H and O–H groups in total. The lowest BCUT2D eigenvalue weighted by Crippen LogP contribution is -2.09. The lowest BCUT2D eigenvalue weighted by molar-refractivity contribution is -0.159. The van der Waals surface area contributed by atoms with Crippen molar-refractivity contribution < 1.29 is 59.4 Å². The summed E-state index contributed by atoms with van der Waals surface area (Å²) in [5, 5.41) is 44.9. The fourth-order valence-corrected chi connectivity index (χ4v) is 0.214. The Morgan fingerprint density at radius 2 is 0.905 bits per heavy atom. The highest BCUT2D eigenvalue weighted by atomic mass is 16.4. The van der Waals surface area contributed by atoms with Gasteiger partial charge in [-0.1, -0.05) is 0 Å². The molecule has 0 aromatic heterocycles. The van der Waals surface area contributed by atoms with E-state index in [0.717, 1.165) is 6.92 Å². The second-order valence-corrected chi connectivity index (χ2v) is 2.52. The Morgan fingerprint density at radius 3 is 0.952 bits per heavy atom. The molecule has 0 rings (SSSR count). The van der Waals surface area contributed by atoms with Gasteiger partial charge < -0.3 is 30.6 Å². The maximum atomic E-state index is 9.64. The summed E-state index contributed by atoms with van der Waals surface area (Å²) in [6.45, 7) is 0.833. The second-order valence-electron chi connectivity index (χ2n) is 2.52. The Kier molecular flexibility index (Phi) is 24.1. The Morgan fingerprint density at radius 1 is 0.762 bits per heavy atom. The summed E-state index contributed by atoms with van der Waals surface area (Å²) in [6, 6.07) is 0. The zero-order chi connectivity index (χ0) is 18.0. The summed E-state index contributed by atoms with van der Waals surface area (Å²) in [6.07, 6.45) is -0.593. The third-order valence-corrected chi connectivity index (χ3v) is 0.736. The zero-order valence-corrected chi connectivity index (χ0v) is 10.6. The van der Waals surface area contributed by atoms with Crippen LogP contribution in [0.4, 0.5) is 0 Å². The predicted molar refractivity (Wildman–Crippen MR) is 61.8 cm³/mol. The van der Waals surface area contributed by atoms with E-state index in [1.807, 2.05) is 0 Å². The fourth-order valence-electron chi connectivity index (χ4n) is 0.214. The summed E-state index contributed by atoms with van der Waals surface area (Å²) in [5.74, 6) is -6.63. The van der Waals surface area contributed by atoms with Crippen LogP contribution in [0.3, 0.4) is 0 Å². The summed E-state index contributed by atoms with van der Waals surface area (Å²) in [5.41, 5.74) is 0. The van der Waals surface area contributed by atoms with Crippen molar-refractivity contribution in [3.8, 4) is 0 Å².